The molecule has 4 nitrogen and oxygen atoms in total. The molecule has 1 saturated carbocycles. The lowest BCUT2D eigenvalue weighted by Gasteiger charge is -2.27. The van der Waals surface area contributed by atoms with Crippen molar-refractivity contribution in [3.63, 3.8) is 0 Å². The quantitative estimate of drug-likeness (QED) is 0.925. The first kappa shape index (κ1) is 14.7. The maximum Gasteiger partial charge on any atom is 0.227 e. The third-order valence-electron chi connectivity index (χ3n) is 4.33. The van der Waals surface area contributed by atoms with Crippen LogP contribution in [0.4, 0.5) is 0 Å². The minimum Gasteiger partial charge on any atom is -0.339 e. The van der Waals surface area contributed by atoms with E-state index in [1.807, 2.05) is 23.5 Å². The first-order valence-corrected chi connectivity index (χ1v) is 9.65. The fourth-order valence-electron chi connectivity index (χ4n) is 3.10. The van der Waals surface area contributed by atoms with Crippen molar-refractivity contribution in [2.24, 2.45) is 11.7 Å². The van der Waals surface area contributed by atoms with Gasteiger partial charge in [-0.15, -0.1) is 11.8 Å². The van der Waals surface area contributed by atoms with E-state index in [-0.39, 0.29) is 0 Å². The van der Waals surface area contributed by atoms with E-state index in [1.54, 1.807) is 0 Å². The zero-order chi connectivity index (χ0) is 13.9. The second kappa shape index (κ2) is 6.71. The molecule has 4 atom stereocenters. The Morgan fingerprint density at radius 3 is 2.85 bits per heavy atom. The molecule has 1 aliphatic heterocycles. The smallest absolute Gasteiger partial charge is 0.227 e. The molecule has 0 bridgehead atoms. The zero-order valence-corrected chi connectivity index (χ0v) is 13.6. The van der Waals surface area contributed by atoms with Crippen LogP contribution in [0.15, 0.2) is 4.52 Å². The number of hydrogen-bond acceptors (Lipinski definition) is 6. The van der Waals surface area contributed by atoms with Crippen molar-refractivity contribution in [3.8, 4) is 0 Å². The molecule has 1 aliphatic carbocycles. The molecule has 0 aromatic carbocycles. The molecule has 2 N–H and O–H groups in total. The van der Waals surface area contributed by atoms with Crippen molar-refractivity contribution >= 4 is 23.5 Å². The molecule has 0 spiro atoms. The topological polar surface area (TPSA) is 64.9 Å². The summed E-state index contributed by atoms with van der Waals surface area (Å²) in [6, 6.07) is 0.303. The summed E-state index contributed by atoms with van der Waals surface area (Å²) in [5.41, 5.74) is 6.20. The van der Waals surface area contributed by atoms with Crippen LogP contribution in [0.5, 0.6) is 0 Å². The Kier molecular flexibility index (Phi) is 4.94. The maximum absolute atomic E-state index is 6.20. The second-order valence-electron chi connectivity index (χ2n) is 5.83. The third-order valence-corrected chi connectivity index (χ3v) is 7.42. The van der Waals surface area contributed by atoms with Gasteiger partial charge >= 0.3 is 0 Å². The predicted molar refractivity (Wildman–Crippen MR) is 85.1 cm³/mol. The molecule has 1 aromatic rings. The molecule has 6 heteroatoms. The number of hydrogen-bond donors (Lipinski definition) is 1. The van der Waals surface area contributed by atoms with Gasteiger partial charge in [-0.2, -0.15) is 16.7 Å². The maximum atomic E-state index is 6.20. The van der Waals surface area contributed by atoms with Gasteiger partial charge in [0.1, 0.15) is 0 Å². The lowest BCUT2D eigenvalue weighted by atomic mass is 9.83. The molecule has 0 radical (unpaired) electrons. The molecular formula is C14H23N3OS2. The van der Waals surface area contributed by atoms with Gasteiger partial charge in [0.05, 0.1) is 5.25 Å². The number of rotatable bonds is 3. The minimum absolute atomic E-state index is 0.303. The normalized spacial score (nSPS) is 35.1. The van der Waals surface area contributed by atoms with Crippen molar-refractivity contribution in [1.82, 2.24) is 10.1 Å². The highest BCUT2D eigenvalue weighted by molar-refractivity contribution is 8.06. The van der Waals surface area contributed by atoms with Crippen LogP contribution < -0.4 is 5.73 Å². The van der Waals surface area contributed by atoms with E-state index >= 15 is 0 Å². The zero-order valence-electron chi connectivity index (χ0n) is 12.0. The van der Waals surface area contributed by atoms with E-state index in [0.717, 1.165) is 24.6 Å². The first-order chi connectivity index (χ1) is 9.74. The predicted octanol–water partition coefficient (Wildman–Crippen LogP) is 3.04. The van der Waals surface area contributed by atoms with Gasteiger partial charge in [0.15, 0.2) is 5.82 Å². The van der Waals surface area contributed by atoms with Gasteiger partial charge in [-0.25, -0.2) is 0 Å². The molecule has 112 valence electrons. The summed E-state index contributed by atoms with van der Waals surface area (Å²) in [5.74, 6) is 4.59. The van der Waals surface area contributed by atoms with Crippen LogP contribution in [-0.4, -0.2) is 32.9 Å². The summed E-state index contributed by atoms with van der Waals surface area (Å²) in [7, 11) is 0. The highest BCUT2D eigenvalue weighted by Crippen LogP contribution is 2.41. The van der Waals surface area contributed by atoms with Gasteiger partial charge in [0, 0.05) is 29.2 Å². The van der Waals surface area contributed by atoms with Crippen molar-refractivity contribution in [2.75, 3.05) is 11.5 Å². The number of aromatic nitrogens is 2. The van der Waals surface area contributed by atoms with Gasteiger partial charge in [0.2, 0.25) is 5.89 Å². The van der Waals surface area contributed by atoms with Gasteiger partial charge in [-0.3, -0.25) is 0 Å². The Bertz CT molecular complexity index is 440. The van der Waals surface area contributed by atoms with E-state index in [1.165, 1.54) is 30.8 Å². The molecule has 3 rings (SSSR count). The third kappa shape index (κ3) is 3.34. The molecule has 20 heavy (non-hydrogen) atoms. The summed E-state index contributed by atoms with van der Waals surface area (Å²) >= 11 is 3.96. The van der Waals surface area contributed by atoms with Crippen molar-refractivity contribution < 1.29 is 4.52 Å². The molecule has 1 aromatic heterocycles. The van der Waals surface area contributed by atoms with Gasteiger partial charge in [-0.05, 0) is 18.8 Å². The lowest BCUT2D eigenvalue weighted by Crippen LogP contribution is -2.34. The average Bonchev–Trinajstić information content (AvgIpc) is 2.90. The Labute approximate surface area is 129 Å². The average molecular weight is 313 g/mol. The molecule has 2 aliphatic rings. The molecule has 1 saturated heterocycles. The van der Waals surface area contributed by atoms with E-state index < -0.39 is 0 Å². The van der Waals surface area contributed by atoms with E-state index in [4.69, 9.17) is 10.3 Å². The fraction of sp³-hybridized carbons (Fsp3) is 0.857. The van der Waals surface area contributed by atoms with Crippen LogP contribution in [0.3, 0.4) is 0 Å². The Morgan fingerprint density at radius 1 is 1.25 bits per heavy atom. The van der Waals surface area contributed by atoms with Crippen LogP contribution in [0.2, 0.25) is 0 Å². The molecule has 0 amide bonds. The van der Waals surface area contributed by atoms with E-state index in [0.29, 0.717) is 22.5 Å². The minimum atomic E-state index is 0.303. The Hall–Kier alpha value is -0.200. The Morgan fingerprint density at radius 2 is 2.05 bits per heavy atom. The summed E-state index contributed by atoms with van der Waals surface area (Å²) in [6.45, 7) is 2.26. The highest BCUT2D eigenvalue weighted by atomic mass is 32.2. The van der Waals surface area contributed by atoms with Crippen LogP contribution >= 0.6 is 23.5 Å². The summed E-state index contributed by atoms with van der Waals surface area (Å²) in [6.07, 6.45) is 5.74. The van der Waals surface area contributed by atoms with Crippen LogP contribution in [0.1, 0.15) is 49.6 Å². The molecule has 2 fully saturated rings. The Balaban J connectivity index is 1.64. The summed E-state index contributed by atoms with van der Waals surface area (Å²) in [5, 5.41) is 5.17. The van der Waals surface area contributed by atoms with Crippen LogP contribution in [0.25, 0.3) is 0 Å². The fourth-order valence-corrected chi connectivity index (χ4v) is 5.78. The largest absolute Gasteiger partial charge is 0.339 e. The first-order valence-electron chi connectivity index (χ1n) is 7.55. The summed E-state index contributed by atoms with van der Waals surface area (Å²) < 4.78 is 5.48. The number of nitrogens with zero attached hydrogens (tertiary/aromatic N) is 2. The lowest BCUT2D eigenvalue weighted by molar-refractivity contribution is 0.272. The monoisotopic (exact) mass is 313 g/mol. The van der Waals surface area contributed by atoms with Crippen LogP contribution in [-0.2, 0) is 6.42 Å². The number of thioether (sulfide) groups is 2. The SMILES string of the molecule is CC1SCCSC1c1noc(CC2CCCCC2N)n1. The van der Waals surface area contributed by atoms with Crippen molar-refractivity contribution in [3.05, 3.63) is 11.7 Å². The second-order valence-corrected chi connectivity index (χ2v) is 8.56. The number of nitrogens with two attached hydrogens (primary N) is 1. The molecule has 2 heterocycles. The standard InChI is InChI=1S/C14H23N3OS2/c1-9-13(20-7-6-19-9)14-16-12(18-17-14)8-10-4-2-3-5-11(10)15/h9-11,13H,2-8,15H2,1H3. The molecule has 4 unspecified atom stereocenters. The van der Waals surface area contributed by atoms with Gasteiger partial charge < -0.3 is 10.3 Å². The highest BCUT2D eigenvalue weighted by Gasteiger charge is 2.29. The van der Waals surface area contributed by atoms with Crippen LogP contribution in [0, 0.1) is 5.92 Å². The van der Waals surface area contributed by atoms with E-state index in [9.17, 15) is 0 Å². The van der Waals surface area contributed by atoms with Crippen molar-refractivity contribution in [2.45, 2.75) is 55.6 Å². The van der Waals surface area contributed by atoms with Crippen molar-refractivity contribution in [1.29, 1.82) is 0 Å². The van der Waals surface area contributed by atoms with Gasteiger partial charge in [-0.1, -0.05) is 24.9 Å². The molecular weight excluding hydrogens is 290 g/mol. The summed E-state index contributed by atoms with van der Waals surface area (Å²) in [4.78, 5) is 4.65. The van der Waals surface area contributed by atoms with E-state index in [2.05, 4.69) is 17.1 Å². The van der Waals surface area contributed by atoms with Gasteiger partial charge in [0.25, 0.3) is 0 Å².